The molecule has 1 unspecified atom stereocenters. The lowest BCUT2D eigenvalue weighted by Crippen LogP contribution is -2.29. The van der Waals surface area contributed by atoms with Gasteiger partial charge in [-0.2, -0.15) is 0 Å². The molecule has 0 aliphatic rings. The number of carboxylic acid groups (broad SMARTS) is 1. The van der Waals surface area contributed by atoms with E-state index in [0.29, 0.717) is 6.42 Å². The molecule has 0 fully saturated rings. The summed E-state index contributed by atoms with van der Waals surface area (Å²) >= 11 is 0. The van der Waals surface area contributed by atoms with Gasteiger partial charge < -0.3 is 5.11 Å². The van der Waals surface area contributed by atoms with Crippen molar-refractivity contribution in [3.8, 4) is 0 Å². The predicted octanol–water partition coefficient (Wildman–Crippen LogP) is 3.58. The van der Waals surface area contributed by atoms with Crippen LogP contribution < -0.4 is 0 Å². The van der Waals surface area contributed by atoms with Crippen molar-refractivity contribution >= 4 is 14.0 Å². The minimum absolute atomic E-state index is 0.234. The van der Waals surface area contributed by atoms with Gasteiger partial charge in [0.1, 0.15) is 0 Å². The van der Waals surface area contributed by atoms with Gasteiger partial charge in [-0.3, -0.25) is 4.79 Å². The van der Waals surface area contributed by atoms with Crippen LogP contribution in [0, 0.1) is 12.8 Å². The van der Waals surface area contributed by atoms with E-state index in [1.54, 1.807) is 0 Å². The van der Waals surface area contributed by atoms with Crippen LogP contribution in [0.3, 0.4) is 0 Å². The van der Waals surface area contributed by atoms with Crippen molar-refractivity contribution in [3.05, 3.63) is 35.4 Å². The summed E-state index contributed by atoms with van der Waals surface area (Å²) in [5.41, 5.74) is 2.35. The Kier molecular flexibility index (Phi) is 4.51. The lowest BCUT2D eigenvalue weighted by molar-refractivity contribution is -0.141. The Morgan fingerprint density at radius 1 is 1.29 bits per heavy atom. The average molecular weight is 250 g/mol. The van der Waals surface area contributed by atoms with Gasteiger partial charge in [0, 0.05) is 8.07 Å². The fourth-order valence-electron chi connectivity index (χ4n) is 2.09. The van der Waals surface area contributed by atoms with Gasteiger partial charge in [-0.1, -0.05) is 43.9 Å². The van der Waals surface area contributed by atoms with E-state index in [9.17, 15) is 9.90 Å². The first kappa shape index (κ1) is 14.0. The Balaban J connectivity index is 2.81. The molecule has 0 bridgehead atoms. The molecule has 0 saturated carbocycles. The molecule has 0 aliphatic heterocycles. The van der Waals surface area contributed by atoms with Crippen molar-refractivity contribution in [2.45, 2.75) is 39.0 Å². The van der Waals surface area contributed by atoms with Crippen molar-refractivity contribution < 1.29 is 9.90 Å². The van der Waals surface area contributed by atoms with Crippen molar-refractivity contribution in [2.75, 3.05) is 0 Å². The molecule has 0 saturated heterocycles. The van der Waals surface area contributed by atoms with Crippen LogP contribution in [0.25, 0.3) is 0 Å². The molecule has 3 heteroatoms. The van der Waals surface area contributed by atoms with Gasteiger partial charge in [0.05, 0.1) is 5.92 Å². The molecule has 1 aromatic rings. The maximum atomic E-state index is 11.3. The van der Waals surface area contributed by atoms with E-state index in [-0.39, 0.29) is 5.92 Å². The third-order valence-electron chi connectivity index (χ3n) is 2.94. The number of rotatable bonds is 5. The largest absolute Gasteiger partial charge is 0.481 e. The van der Waals surface area contributed by atoms with E-state index in [0.717, 1.165) is 11.6 Å². The summed E-state index contributed by atoms with van der Waals surface area (Å²) in [5.74, 6) is -0.890. The van der Waals surface area contributed by atoms with E-state index >= 15 is 0 Å². The van der Waals surface area contributed by atoms with Crippen LogP contribution in [0.1, 0.15) is 11.1 Å². The molecule has 0 aromatic heterocycles. The monoisotopic (exact) mass is 250 g/mol. The molecule has 0 spiro atoms. The zero-order chi connectivity index (χ0) is 13.1. The van der Waals surface area contributed by atoms with Gasteiger partial charge in [0.2, 0.25) is 0 Å². The van der Waals surface area contributed by atoms with Crippen LogP contribution in [0.4, 0.5) is 0 Å². The summed E-state index contributed by atoms with van der Waals surface area (Å²) in [6.45, 7) is 8.71. The zero-order valence-corrected chi connectivity index (χ0v) is 12.2. The molecule has 0 aliphatic carbocycles. The second-order valence-electron chi connectivity index (χ2n) is 5.93. The molecular weight excluding hydrogens is 228 g/mol. The molecule has 1 N–H and O–H groups in total. The van der Waals surface area contributed by atoms with Gasteiger partial charge in [0.25, 0.3) is 0 Å². The first-order valence-corrected chi connectivity index (χ1v) is 9.77. The van der Waals surface area contributed by atoms with Crippen molar-refractivity contribution in [2.24, 2.45) is 5.92 Å². The van der Waals surface area contributed by atoms with Gasteiger partial charge in [-0.15, -0.1) is 0 Å². The van der Waals surface area contributed by atoms with Crippen molar-refractivity contribution in [3.63, 3.8) is 0 Å². The fraction of sp³-hybridized carbons (Fsp3) is 0.500. The fourth-order valence-corrected chi connectivity index (χ4v) is 3.89. The van der Waals surface area contributed by atoms with E-state index < -0.39 is 14.0 Å². The van der Waals surface area contributed by atoms with Gasteiger partial charge >= 0.3 is 5.97 Å². The van der Waals surface area contributed by atoms with Crippen LogP contribution in [0.2, 0.25) is 25.7 Å². The molecule has 0 amide bonds. The number of aryl methyl sites for hydroxylation is 1. The molecule has 0 heterocycles. The third kappa shape index (κ3) is 4.73. The summed E-state index contributed by atoms with van der Waals surface area (Å²) in [4.78, 5) is 11.3. The highest BCUT2D eigenvalue weighted by molar-refractivity contribution is 6.76. The normalized spacial score (nSPS) is 13.4. The number of hydrogen-bond acceptors (Lipinski definition) is 1. The standard InChI is InChI=1S/C14H22O2Si/c1-11-7-5-6-8-12(11)9-13(14(15)16)10-17(2,3)4/h5-8,13H,9-10H2,1-4H3,(H,15,16). The van der Waals surface area contributed by atoms with Crippen LogP contribution in [0.5, 0.6) is 0 Å². The second-order valence-corrected chi connectivity index (χ2v) is 11.5. The number of hydrogen-bond donors (Lipinski definition) is 1. The predicted molar refractivity (Wildman–Crippen MR) is 74.2 cm³/mol. The third-order valence-corrected chi connectivity index (χ3v) is 4.65. The Morgan fingerprint density at radius 3 is 2.35 bits per heavy atom. The van der Waals surface area contributed by atoms with Crippen LogP contribution in [0.15, 0.2) is 24.3 Å². The minimum Gasteiger partial charge on any atom is -0.481 e. The zero-order valence-electron chi connectivity index (χ0n) is 11.2. The lowest BCUT2D eigenvalue weighted by atomic mass is 9.97. The number of aliphatic carboxylic acids is 1. The molecule has 1 rings (SSSR count). The molecular formula is C14H22O2Si. The summed E-state index contributed by atoms with van der Waals surface area (Å²) in [7, 11) is -1.34. The highest BCUT2D eigenvalue weighted by atomic mass is 28.3. The van der Waals surface area contributed by atoms with E-state index in [4.69, 9.17) is 0 Å². The molecule has 2 nitrogen and oxygen atoms in total. The Hall–Kier alpha value is -1.09. The van der Waals surface area contributed by atoms with Crippen molar-refractivity contribution in [1.82, 2.24) is 0 Å². The first-order valence-electron chi connectivity index (χ1n) is 6.07. The minimum atomic E-state index is -1.34. The lowest BCUT2D eigenvalue weighted by Gasteiger charge is -2.22. The van der Waals surface area contributed by atoms with Gasteiger partial charge in [-0.25, -0.2) is 0 Å². The van der Waals surface area contributed by atoms with E-state index in [1.807, 2.05) is 31.2 Å². The summed E-state index contributed by atoms with van der Waals surface area (Å²) in [5, 5.41) is 9.31. The highest BCUT2D eigenvalue weighted by Crippen LogP contribution is 2.22. The Bertz CT molecular complexity index is 393. The summed E-state index contributed by atoms with van der Waals surface area (Å²) in [6, 6.07) is 8.90. The Morgan fingerprint density at radius 2 is 1.88 bits per heavy atom. The van der Waals surface area contributed by atoms with Gasteiger partial charge in [0.15, 0.2) is 0 Å². The quantitative estimate of drug-likeness (QED) is 0.811. The average Bonchev–Trinajstić information content (AvgIpc) is 2.18. The molecule has 1 atom stereocenters. The molecule has 94 valence electrons. The number of carbonyl (C=O) groups is 1. The van der Waals surface area contributed by atoms with Crippen molar-refractivity contribution in [1.29, 1.82) is 0 Å². The number of benzene rings is 1. The Labute approximate surface area is 105 Å². The van der Waals surface area contributed by atoms with Crippen LogP contribution in [-0.4, -0.2) is 19.1 Å². The number of carboxylic acids is 1. The maximum Gasteiger partial charge on any atom is 0.306 e. The van der Waals surface area contributed by atoms with Gasteiger partial charge in [-0.05, 0) is 30.5 Å². The van der Waals surface area contributed by atoms with E-state index in [2.05, 4.69) is 19.6 Å². The van der Waals surface area contributed by atoms with Crippen LogP contribution in [-0.2, 0) is 11.2 Å². The van der Waals surface area contributed by atoms with Crippen LogP contribution >= 0.6 is 0 Å². The SMILES string of the molecule is Cc1ccccc1CC(C[Si](C)(C)C)C(=O)O. The second kappa shape index (κ2) is 5.49. The summed E-state index contributed by atoms with van der Waals surface area (Å²) in [6.07, 6.45) is 0.659. The topological polar surface area (TPSA) is 37.3 Å². The van der Waals surface area contributed by atoms with E-state index in [1.165, 1.54) is 5.56 Å². The summed E-state index contributed by atoms with van der Waals surface area (Å²) < 4.78 is 0. The molecule has 0 radical (unpaired) electrons. The maximum absolute atomic E-state index is 11.3. The molecule has 1 aromatic carbocycles. The first-order chi connectivity index (χ1) is 7.79. The highest BCUT2D eigenvalue weighted by Gasteiger charge is 2.26. The smallest absolute Gasteiger partial charge is 0.306 e. The molecule has 17 heavy (non-hydrogen) atoms.